The van der Waals surface area contributed by atoms with Gasteiger partial charge in [0.25, 0.3) is 0 Å². The van der Waals surface area contributed by atoms with Crippen LogP contribution >= 0.6 is 0 Å². The van der Waals surface area contributed by atoms with Crippen molar-refractivity contribution in [2.75, 3.05) is 13.2 Å². The topological polar surface area (TPSA) is 40.5 Å². The fourth-order valence-corrected chi connectivity index (χ4v) is 2.50. The Kier molecular flexibility index (Phi) is 3.60. The van der Waals surface area contributed by atoms with Gasteiger partial charge in [0, 0.05) is 6.04 Å². The molecular formula is C14H19NO2. The van der Waals surface area contributed by atoms with Crippen molar-refractivity contribution in [3.8, 4) is 0 Å². The van der Waals surface area contributed by atoms with Crippen LogP contribution in [-0.2, 0) is 10.3 Å². The molecule has 17 heavy (non-hydrogen) atoms. The lowest BCUT2D eigenvalue weighted by Gasteiger charge is -2.38. The number of hydrogen-bond acceptors (Lipinski definition) is 3. The number of carbonyl (C=O) groups excluding carboxylic acids is 1. The summed E-state index contributed by atoms with van der Waals surface area (Å²) in [5.74, 6) is 0. The molecule has 0 aromatic heterocycles. The Morgan fingerprint density at radius 3 is 2.47 bits per heavy atom. The molecule has 0 spiro atoms. The van der Waals surface area contributed by atoms with E-state index in [-0.39, 0.29) is 6.61 Å². The van der Waals surface area contributed by atoms with E-state index in [1.807, 2.05) is 37.3 Å². The summed E-state index contributed by atoms with van der Waals surface area (Å²) in [6.07, 6.45) is 3.14. The largest absolute Gasteiger partial charge is 0.394 e. The summed E-state index contributed by atoms with van der Waals surface area (Å²) in [5, 5.41) is 9.74. The predicted molar refractivity (Wildman–Crippen MR) is 66.7 cm³/mol. The molecule has 1 saturated carbocycles. The highest BCUT2D eigenvalue weighted by Gasteiger charge is 2.44. The minimum atomic E-state index is -0.864. The maximum absolute atomic E-state index is 11.6. The molecule has 1 aliphatic carbocycles. The zero-order valence-electron chi connectivity index (χ0n) is 10.2. The summed E-state index contributed by atoms with van der Waals surface area (Å²) in [6.45, 7) is 2.65. The molecule has 0 aliphatic heterocycles. The Bertz CT molecular complexity index is 375. The van der Waals surface area contributed by atoms with Crippen molar-refractivity contribution in [1.82, 2.24) is 4.90 Å². The summed E-state index contributed by atoms with van der Waals surface area (Å²) in [6, 6.07) is 10.0. The fraction of sp³-hybridized carbons (Fsp3) is 0.500. The van der Waals surface area contributed by atoms with Gasteiger partial charge >= 0.3 is 0 Å². The molecule has 0 heterocycles. The minimum Gasteiger partial charge on any atom is -0.394 e. The molecule has 2 rings (SSSR count). The van der Waals surface area contributed by atoms with Crippen LogP contribution in [0.1, 0.15) is 25.3 Å². The Hall–Kier alpha value is -1.19. The monoisotopic (exact) mass is 233 g/mol. The molecule has 1 aromatic rings. The van der Waals surface area contributed by atoms with E-state index in [0.717, 1.165) is 31.2 Å². The van der Waals surface area contributed by atoms with Crippen molar-refractivity contribution < 1.29 is 9.90 Å². The smallest absolute Gasteiger partial charge is 0.147 e. The lowest BCUT2D eigenvalue weighted by Crippen LogP contribution is -2.51. The van der Waals surface area contributed by atoms with E-state index in [1.165, 1.54) is 0 Å². The molecule has 92 valence electrons. The number of hydrogen-bond donors (Lipinski definition) is 1. The van der Waals surface area contributed by atoms with Gasteiger partial charge in [-0.2, -0.15) is 0 Å². The van der Waals surface area contributed by atoms with Crippen molar-refractivity contribution in [3.05, 3.63) is 35.9 Å². The van der Waals surface area contributed by atoms with Crippen LogP contribution in [0.3, 0.4) is 0 Å². The fourth-order valence-electron chi connectivity index (χ4n) is 2.50. The average molecular weight is 233 g/mol. The third-order valence-electron chi connectivity index (χ3n) is 3.55. The number of rotatable bonds is 6. The van der Waals surface area contributed by atoms with Gasteiger partial charge in [0.15, 0.2) is 0 Å². The molecule has 1 unspecified atom stereocenters. The first kappa shape index (κ1) is 12.3. The molecule has 3 heteroatoms. The van der Waals surface area contributed by atoms with Gasteiger partial charge in [-0.1, -0.05) is 37.3 Å². The van der Waals surface area contributed by atoms with Gasteiger partial charge in [-0.05, 0) is 24.9 Å². The molecule has 0 amide bonds. The van der Waals surface area contributed by atoms with Crippen molar-refractivity contribution in [2.45, 2.75) is 31.3 Å². The van der Waals surface area contributed by atoms with E-state index in [1.54, 1.807) is 0 Å². The Balaban J connectivity index is 2.40. The van der Waals surface area contributed by atoms with E-state index in [2.05, 4.69) is 4.90 Å². The third-order valence-corrected chi connectivity index (χ3v) is 3.55. The number of nitrogens with zero attached hydrogens (tertiary/aromatic N) is 1. The second-order valence-corrected chi connectivity index (χ2v) is 4.58. The van der Waals surface area contributed by atoms with E-state index in [4.69, 9.17) is 0 Å². The molecule has 1 atom stereocenters. The highest BCUT2D eigenvalue weighted by molar-refractivity contribution is 5.68. The molecule has 0 radical (unpaired) electrons. The van der Waals surface area contributed by atoms with Crippen LogP contribution in [0.25, 0.3) is 0 Å². The molecule has 1 aromatic carbocycles. The molecule has 1 N–H and O–H groups in total. The van der Waals surface area contributed by atoms with Gasteiger partial charge < -0.3 is 9.90 Å². The Labute approximate surface area is 102 Å². The van der Waals surface area contributed by atoms with Crippen molar-refractivity contribution in [1.29, 1.82) is 0 Å². The second-order valence-electron chi connectivity index (χ2n) is 4.58. The lowest BCUT2D eigenvalue weighted by molar-refractivity contribution is -0.122. The van der Waals surface area contributed by atoms with Gasteiger partial charge in [-0.15, -0.1) is 0 Å². The van der Waals surface area contributed by atoms with Crippen LogP contribution in [0, 0.1) is 0 Å². The highest BCUT2D eigenvalue weighted by atomic mass is 16.3. The molecule has 1 aliphatic rings. The summed E-state index contributed by atoms with van der Waals surface area (Å²) in [7, 11) is 0. The van der Waals surface area contributed by atoms with E-state index < -0.39 is 5.54 Å². The van der Waals surface area contributed by atoms with Crippen LogP contribution in [-0.4, -0.2) is 35.5 Å². The maximum Gasteiger partial charge on any atom is 0.147 e. The summed E-state index contributed by atoms with van der Waals surface area (Å²) in [4.78, 5) is 13.7. The lowest BCUT2D eigenvalue weighted by atomic mass is 9.90. The Morgan fingerprint density at radius 2 is 2.06 bits per heavy atom. The molecular weight excluding hydrogens is 214 g/mol. The molecule has 0 saturated heterocycles. The number of likely N-dealkylation sites (N-methyl/N-ethyl adjacent to an activating group) is 1. The highest BCUT2D eigenvalue weighted by Crippen LogP contribution is 2.37. The van der Waals surface area contributed by atoms with Crippen LogP contribution in [0.5, 0.6) is 0 Å². The number of aliphatic hydroxyl groups is 1. The van der Waals surface area contributed by atoms with E-state index in [0.29, 0.717) is 6.04 Å². The van der Waals surface area contributed by atoms with Crippen LogP contribution < -0.4 is 0 Å². The standard InChI is InChI=1S/C14H19NO2/c1-2-15(13-8-9-13)14(10-16,11-17)12-6-4-3-5-7-12/h3-7,10,13,17H,2,8-9,11H2,1H3. The SMILES string of the molecule is CCN(C1CC1)C(C=O)(CO)c1ccccc1. The third kappa shape index (κ3) is 2.13. The van der Waals surface area contributed by atoms with Gasteiger partial charge in [0.1, 0.15) is 11.8 Å². The maximum atomic E-state index is 11.6. The van der Waals surface area contributed by atoms with E-state index >= 15 is 0 Å². The summed E-state index contributed by atoms with van der Waals surface area (Å²) in [5.41, 5.74) is 0.0169. The summed E-state index contributed by atoms with van der Waals surface area (Å²) < 4.78 is 0. The summed E-state index contributed by atoms with van der Waals surface area (Å²) >= 11 is 0. The number of aliphatic hydroxyl groups excluding tert-OH is 1. The first-order valence-electron chi connectivity index (χ1n) is 6.18. The normalized spacial score (nSPS) is 19.0. The average Bonchev–Trinajstić information content (AvgIpc) is 3.21. The van der Waals surface area contributed by atoms with Crippen molar-refractivity contribution in [3.63, 3.8) is 0 Å². The van der Waals surface area contributed by atoms with Gasteiger partial charge in [-0.3, -0.25) is 4.90 Å². The first-order chi connectivity index (χ1) is 8.28. The van der Waals surface area contributed by atoms with Crippen LogP contribution in [0.15, 0.2) is 30.3 Å². The number of carbonyl (C=O) groups is 1. The quantitative estimate of drug-likeness (QED) is 0.758. The zero-order valence-corrected chi connectivity index (χ0v) is 10.2. The van der Waals surface area contributed by atoms with Crippen molar-refractivity contribution >= 4 is 6.29 Å². The first-order valence-corrected chi connectivity index (χ1v) is 6.18. The van der Waals surface area contributed by atoms with Gasteiger partial charge in [-0.25, -0.2) is 0 Å². The number of benzene rings is 1. The molecule has 0 bridgehead atoms. The van der Waals surface area contributed by atoms with Gasteiger partial charge in [0.05, 0.1) is 6.61 Å². The Morgan fingerprint density at radius 1 is 1.41 bits per heavy atom. The van der Waals surface area contributed by atoms with Crippen molar-refractivity contribution in [2.24, 2.45) is 0 Å². The predicted octanol–water partition coefficient (Wildman–Crippen LogP) is 1.56. The van der Waals surface area contributed by atoms with Gasteiger partial charge in [0.2, 0.25) is 0 Å². The zero-order chi connectivity index (χ0) is 12.3. The van der Waals surface area contributed by atoms with Crippen LogP contribution in [0.4, 0.5) is 0 Å². The number of aldehydes is 1. The van der Waals surface area contributed by atoms with Crippen LogP contribution in [0.2, 0.25) is 0 Å². The second kappa shape index (κ2) is 4.98. The minimum absolute atomic E-state index is 0.162. The molecule has 3 nitrogen and oxygen atoms in total. The van der Waals surface area contributed by atoms with E-state index in [9.17, 15) is 9.90 Å². The molecule has 1 fully saturated rings.